The highest BCUT2D eigenvalue weighted by atomic mass is 19.4. The second kappa shape index (κ2) is 9.41. The van der Waals surface area contributed by atoms with Crippen molar-refractivity contribution in [3.8, 4) is 0 Å². The molecule has 6 atom stereocenters. The van der Waals surface area contributed by atoms with E-state index in [9.17, 15) is 79.6 Å². The first-order valence-corrected chi connectivity index (χ1v) is 7.11. The number of carbonyl (C=O) groups is 1. The van der Waals surface area contributed by atoms with Gasteiger partial charge in [-0.1, -0.05) is 0 Å². The van der Waals surface area contributed by atoms with E-state index in [1.54, 1.807) is 0 Å². The smallest absolute Gasteiger partial charge is 0.248 e. The Kier molecular flexibility index (Phi) is 8.89. The zero-order valence-corrected chi connectivity index (χ0v) is 13.8. The molecule has 2 nitrogen and oxygen atoms in total. The zero-order chi connectivity index (χ0) is 25.3. The van der Waals surface area contributed by atoms with Crippen LogP contribution in [0.2, 0.25) is 0 Å². The Morgan fingerprint density at radius 3 is 1.29 bits per heavy atom. The van der Waals surface area contributed by atoms with E-state index >= 15 is 0 Å². The maximum Gasteiger partial charge on any atom is 0.424 e. The van der Waals surface area contributed by atoms with Crippen LogP contribution in [0.4, 0.5) is 74.8 Å². The Morgan fingerprint density at radius 1 is 0.581 bits per heavy atom. The molecular formula is C12H7F17O2. The Hall–Kier alpha value is -1.72. The zero-order valence-electron chi connectivity index (χ0n) is 13.8. The predicted octanol–water partition coefficient (Wildman–Crippen LogP) is 5.25. The quantitative estimate of drug-likeness (QED) is 0.358. The van der Waals surface area contributed by atoms with Crippen molar-refractivity contribution < 1.29 is 84.5 Å². The van der Waals surface area contributed by atoms with Gasteiger partial charge in [-0.3, -0.25) is 0 Å². The third kappa shape index (κ3) is 4.88. The summed E-state index contributed by atoms with van der Waals surface area (Å²) in [7, 11) is 0. The lowest BCUT2D eigenvalue weighted by Crippen LogP contribution is -2.68. The first-order valence-electron chi connectivity index (χ1n) is 7.11. The molecule has 0 heterocycles. The third-order valence-electron chi connectivity index (χ3n) is 3.62. The Bertz CT molecular complexity index is 610. The Morgan fingerprint density at radius 2 is 0.935 bits per heavy atom. The van der Waals surface area contributed by atoms with Gasteiger partial charge in [0.05, 0.1) is 0 Å². The van der Waals surface area contributed by atoms with Crippen LogP contribution in [0, 0.1) is 0 Å². The molecule has 0 aliphatic carbocycles. The van der Waals surface area contributed by atoms with E-state index in [-0.39, 0.29) is 0 Å². The molecule has 0 aromatic heterocycles. The van der Waals surface area contributed by atoms with Crippen LogP contribution >= 0.6 is 0 Å². The van der Waals surface area contributed by atoms with Crippen molar-refractivity contribution in [3.63, 3.8) is 0 Å². The van der Waals surface area contributed by atoms with Gasteiger partial charge in [0.15, 0.2) is 30.9 Å². The molecular weight excluding hydrogens is 499 g/mol. The molecule has 31 heavy (non-hydrogen) atoms. The van der Waals surface area contributed by atoms with Crippen LogP contribution in [0.25, 0.3) is 0 Å². The molecule has 0 rings (SSSR count). The summed E-state index contributed by atoms with van der Waals surface area (Å²) in [6, 6.07) is 0. The lowest BCUT2D eigenvalue weighted by molar-refractivity contribution is -0.376. The lowest BCUT2D eigenvalue weighted by Gasteiger charge is -2.37. The summed E-state index contributed by atoms with van der Waals surface area (Å²) in [5.74, 6) is -34.5. The summed E-state index contributed by atoms with van der Waals surface area (Å²) >= 11 is 0. The normalized spacial score (nSPS) is 20.1. The fourth-order valence-corrected chi connectivity index (χ4v) is 1.78. The number of rotatable bonds is 11. The highest BCUT2D eigenvalue weighted by Gasteiger charge is 2.85. The monoisotopic (exact) mass is 506 g/mol. The van der Waals surface area contributed by atoms with Crippen molar-refractivity contribution in [2.24, 2.45) is 0 Å². The molecule has 0 fully saturated rings. The highest BCUT2D eigenvalue weighted by molar-refractivity contribution is 5.78. The van der Waals surface area contributed by atoms with Crippen molar-refractivity contribution in [2.45, 2.75) is 67.1 Å². The average Bonchev–Trinajstić information content (AvgIpc) is 2.68. The number of alkyl halides is 16. The molecule has 0 radical (unpaired) electrons. The van der Waals surface area contributed by atoms with Crippen LogP contribution in [0.3, 0.4) is 0 Å². The van der Waals surface area contributed by atoms with Gasteiger partial charge in [0.2, 0.25) is 6.17 Å². The minimum absolute atomic E-state index is 1.49. The lowest BCUT2D eigenvalue weighted by atomic mass is 9.91. The van der Waals surface area contributed by atoms with E-state index in [1.807, 2.05) is 0 Å². The summed E-state index contributed by atoms with van der Waals surface area (Å²) in [5, 5.41) is 0. The van der Waals surface area contributed by atoms with E-state index in [0.29, 0.717) is 0 Å². The average molecular weight is 506 g/mol. The van der Waals surface area contributed by atoms with Gasteiger partial charge in [0.1, 0.15) is 0 Å². The minimum Gasteiger partial charge on any atom is -0.248 e. The molecule has 0 saturated carbocycles. The second-order valence-electron chi connectivity index (χ2n) is 5.67. The number of hydrogen-bond acceptors (Lipinski definition) is 2. The van der Waals surface area contributed by atoms with Crippen LogP contribution in [0.5, 0.6) is 0 Å². The van der Waals surface area contributed by atoms with E-state index in [1.165, 1.54) is 4.94 Å². The Balaban J connectivity index is 5.97. The molecule has 19 heteroatoms. The molecule has 186 valence electrons. The second-order valence-corrected chi connectivity index (χ2v) is 5.67. The van der Waals surface area contributed by atoms with Crippen LogP contribution in [0.1, 0.15) is 0 Å². The highest BCUT2D eigenvalue weighted by Crippen LogP contribution is 2.55. The maximum atomic E-state index is 13.4. The van der Waals surface area contributed by atoms with E-state index in [2.05, 4.69) is 0 Å². The largest absolute Gasteiger partial charge is 0.424 e. The third-order valence-corrected chi connectivity index (χ3v) is 3.62. The summed E-state index contributed by atoms with van der Waals surface area (Å²) in [6.07, 6.45) is -33.4. The molecule has 0 N–H and O–H groups in total. The van der Waals surface area contributed by atoms with Gasteiger partial charge in [-0.15, -0.1) is 0 Å². The standard InChI is InChI=1S/C12H7F17O2/c13-1(3(15)5(17)7(19)20)2(14)4(16)6(18)9(21,22)11(25,26)12(27,28)10(23,24)8(30)31-29/h1-7H. The topological polar surface area (TPSA) is 26.3 Å². The fourth-order valence-electron chi connectivity index (χ4n) is 1.78. The molecule has 0 bridgehead atoms. The first kappa shape index (κ1) is 29.3. The number of halogens is 17. The van der Waals surface area contributed by atoms with Crippen molar-refractivity contribution >= 4 is 5.97 Å². The Labute approximate surface area is 159 Å². The van der Waals surface area contributed by atoms with Crippen molar-refractivity contribution in [1.29, 1.82) is 0 Å². The minimum atomic E-state index is -7.87. The van der Waals surface area contributed by atoms with E-state index in [0.717, 1.165) is 0 Å². The number of hydrogen-bond donors (Lipinski definition) is 0. The van der Waals surface area contributed by atoms with Gasteiger partial charge >= 0.3 is 29.7 Å². The molecule has 0 aliphatic rings. The SMILES string of the molecule is O=C(OF)C(F)(F)C(F)(F)C(F)(F)C(F)(F)C(F)C(F)C(F)C(F)C(F)C(F)C(F)F. The van der Waals surface area contributed by atoms with Crippen LogP contribution in [0.15, 0.2) is 0 Å². The molecule has 0 aromatic rings. The van der Waals surface area contributed by atoms with Crippen molar-refractivity contribution in [1.82, 2.24) is 0 Å². The molecule has 6 unspecified atom stereocenters. The van der Waals surface area contributed by atoms with Gasteiger partial charge < -0.3 is 0 Å². The van der Waals surface area contributed by atoms with E-state index < -0.39 is 73.1 Å². The fraction of sp³-hybridized carbons (Fsp3) is 0.917. The van der Waals surface area contributed by atoms with Gasteiger partial charge in [-0.25, -0.2) is 44.9 Å². The predicted molar refractivity (Wildman–Crippen MR) is 62.4 cm³/mol. The summed E-state index contributed by atoms with van der Waals surface area (Å²) in [5.41, 5.74) is 0. The molecule has 0 aromatic carbocycles. The molecule has 0 aliphatic heterocycles. The van der Waals surface area contributed by atoms with Gasteiger partial charge in [-0.05, 0) is 0 Å². The first-order chi connectivity index (χ1) is 13.6. The van der Waals surface area contributed by atoms with Gasteiger partial charge in [-0.2, -0.15) is 35.1 Å². The maximum absolute atomic E-state index is 13.4. The molecule has 0 spiro atoms. The van der Waals surface area contributed by atoms with Crippen molar-refractivity contribution in [3.05, 3.63) is 0 Å². The molecule has 0 amide bonds. The van der Waals surface area contributed by atoms with Crippen LogP contribution in [-0.2, 0) is 9.74 Å². The van der Waals surface area contributed by atoms with Crippen LogP contribution < -0.4 is 0 Å². The summed E-state index contributed by atoms with van der Waals surface area (Å²) in [4.78, 5) is 11.6. The van der Waals surface area contributed by atoms with Gasteiger partial charge in [0, 0.05) is 4.53 Å². The van der Waals surface area contributed by atoms with Crippen molar-refractivity contribution in [2.75, 3.05) is 0 Å². The van der Waals surface area contributed by atoms with Crippen LogP contribution in [-0.4, -0.2) is 73.1 Å². The summed E-state index contributed by atoms with van der Waals surface area (Å²) in [6.45, 7) is 0. The van der Waals surface area contributed by atoms with Gasteiger partial charge in [0.25, 0.3) is 6.43 Å². The molecule has 0 saturated heterocycles. The summed E-state index contributed by atoms with van der Waals surface area (Å²) < 4.78 is 219. The number of carbonyl (C=O) groups excluding carboxylic acids is 1. The van der Waals surface area contributed by atoms with E-state index in [4.69, 9.17) is 0 Å².